The van der Waals surface area contributed by atoms with Gasteiger partial charge in [0.2, 0.25) is 5.95 Å². The molecule has 0 saturated carbocycles. The number of hydrogen-bond donors (Lipinski definition) is 1. The number of nitrogens with one attached hydrogen (secondary N) is 1. The molecule has 2 fully saturated rings. The Kier molecular flexibility index (Phi) is 7.79. The number of methoxy groups -OCH3 is 1. The van der Waals surface area contributed by atoms with Gasteiger partial charge in [-0.15, -0.1) is 0 Å². The van der Waals surface area contributed by atoms with Gasteiger partial charge in [0.15, 0.2) is 5.67 Å². The van der Waals surface area contributed by atoms with E-state index in [1.54, 1.807) is 32.6 Å². The zero-order valence-corrected chi connectivity index (χ0v) is 24.5. The number of benzene rings is 1. The summed E-state index contributed by atoms with van der Waals surface area (Å²) >= 11 is 0. The van der Waals surface area contributed by atoms with E-state index in [0.29, 0.717) is 48.4 Å². The highest BCUT2D eigenvalue weighted by Crippen LogP contribution is 2.39. The molecule has 8 nitrogen and oxygen atoms in total. The molecule has 0 bridgehead atoms. The standard InChI is InChI=1S/C29H39FN6O2S/c1-18(2)21-7-8-24(36-15-20(19(36)3)16-39(6)37)23-14-32-27(13-22(21)23)33-26-9-11-31-28(34-26)35-12-10-25(38-5)29(4,30)17-35/h7-9,11,13-14,18-20,25H,10,12,15-17H2,1-6H3,(H,31,32,33,34)/t19-,20-,25+,29-,39-/m1/s1. The van der Waals surface area contributed by atoms with E-state index in [1.807, 2.05) is 11.1 Å². The number of fused-ring (bicyclic) bond motifs is 1. The van der Waals surface area contributed by atoms with Gasteiger partial charge < -0.3 is 19.9 Å². The highest BCUT2D eigenvalue weighted by atomic mass is 32.2. The first-order valence-corrected chi connectivity index (χ1v) is 15.4. The minimum absolute atomic E-state index is 0.174. The molecular weight excluding hydrogens is 515 g/mol. The summed E-state index contributed by atoms with van der Waals surface area (Å²) in [6, 6.07) is 8.63. The zero-order chi connectivity index (χ0) is 27.9. The van der Waals surface area contributed by atoms with Crippen molar-refractivity contribution in [2.45, 2.75) is 57.8 Å². The van der Waals surface area contributed by atoms with E-state index in [-0.39, 0.29) is 6.54 Å². The van der Waals surface area contributed by atoms with Gasteiger partial charge in [0.1, 0.15) is 11.6 Å². The number of alkyl halides is 1. The lowest BCUT2D eigenvalue weighted by Gasteiger charge is -2.48. The van der Waals surface area contributed by atoms with E-state index in [4.69, 9.17) is 9.72 Å². The normalized spacial score (nSPS) is 26.1. The molecule has 2 aromatic heterocycles. The molecule has 3 aromatic rings. The summed E-state index contributed by atoms with van der Waals surface area (Å²) in [6.45, 7) is 9.88. The second-order valence-electron chi connectivity index (χ2n) is 11.4. The van der Waals surface area contributed by atoms with Gasteiger partial charge in [-0.25, -0.2) is 14.4 Å². The minimum Gasteiger partial charge on any atom is -0.378 e. The first kappa shape index (κ1) is 27.7. The summed E-state index contributed by atoms with van der Waals surface area (Å²) in [4.78, 5) is 18.1. The fourth-order valence-corrected chi connectivity index (χ4v) is 6.92. The maximum atomic E-state index is 15.1. The molecule has 2 aliphatic heterocycles. The number of pyridine rings is 1. The molecule has 210 valence electrons. The molecule has 5 rings (SSSR count). The van der Waals surface area contributed by atoms with Crippen LogP contribution in [0, 0.1) is 5.92 Å². The molecule has 1 N–H and O–H groups in total. The van der Waals surface area contributed by atoms with Gasteiger partial charge in [-0.3, -0.25) is 4.21 Å². The van der Waals surface area contributed by atoms with Crippen molar-refractivity contribution in [3.05, 3.63) is 42.2 Å². The van der Waals surface area contributed by atoms with Crippen molar-refractivity contribution in [2.75, 3.05) is 53.9 Å². The molecule has 0 amide bonds. The minimum atomic E-state index is -1.48. The summed E-state index contributed by atoms with van der Waals surface area (Å²) in [6.07, 6.45) is 5.54. The van der Waals surface area contributed by atoms with E-state index in [1.165, 1.54) is 5.56 Å². The summed E-state index contributed by atoms with van der Waals surface area (Å²) in [7, 11) is 0.765. The summed E-state index contributed by atoms with van der Waals surface area (Å²) in [5.74, 6) is 3.30. The van der Waals surface area contributed by atoms with Crippen molar-refractivity contribution in [1.29, 1.82) is 0 Å². The van der Waals surface area contributed by atoms with E-state index in [9.17, 15) is 4.21 Å². The molecule has 5 atom stereocenters. The van der Waals surface area contributed by atoms with Crippen LogP contribution < -0.4 is 15.1 Å². The van der Waals surface area contributed by atoms with Crippen LogP contribution in [0.1, 0.15) is 45.6 Å². The quantitative estimate of drug-likeness (QED) is 0.414. The Labute approximate surface area is 232 Å². The Morgan fingerprint density at radius 2 is 2.03 bits per heavy atom. The fourth-order valence-electron chi connectivity index (χ4n) is 5.93. The Hall–Kier alpha value is -2.85. The van der Waals surface area contributed by atoms with Gasteiger partial charge in [0.25, 0.3) is 0 Å². The smallest absolute Gasteiger partial charge is 0.227 e. The highest BCUT2D eigenvalue weighted by molar-refractivity contribution is 7.84. The number of piperidine rings is 1. The van der Waals surface area contributed by atoms with Gasteiger partial charge in [-0.1, -0.05) is 19.9 Å². The van der Waals surface area contributed by atoms with Crippen molar-refractivity contribution in [1.82, 2.24) is 15.0 Å². The number of anilines is 4. The average Bonchev–Trinajstić information content (AvgIpc) is 2.89. The molecule has 2 aliphatic rings. The highest BCUT2D eigenvalue weighted by Gasteiger charge is 2.41. The number of aromatic nitrogens is 3. The van der Waals surface area contributed by atoms with Crippen LogP contribution in [0.2, 0.25) is 0 Å². The van der Waals surface area contributed by atoms with E-state index >= 15 is 4.39 Å². The molecular formula is C29H39FN6O2S. The van der Waals surface area contributed by atoms with Crippen molar-refractivity contribution in [3.8, 4) is 0 Å². The van der Waals surface area contributed by atoms with Crippen molar-refractivity contribution in [3.63, 3.8) is 0 Å². The number of hydrogen-bond acceptors (Lipinski definition) is 8. The molecule has 4 heterocycles. The second kappa shape index (κ2) is 11.0. The Morgan fingerprint density at radius 1 is 1.23 bits per heavy atom. The molecule has 0 unspecified atom stereocenters. The molecule has 0 aliphatic carbocycles. The molecule has 0 radical (unpaired) electrons. The number of halogens is 1. The predicted octanol–water partition coefficient (Wildman–Crippen LogP) is 5.05. The van der Waals surface area contributed by atoms with Crippen LogP contribution in [-0.4, -0.2) is 75.7 Å². The Bertz CT molecular complexity index is 1370. The zero-order valence-electron chi connectivity index (χ0n) is 23.6. The largest absolute Gasteiger partial charge is 0.378 e. The SMILES string of the molecule is CO[C@H]1CCN(c2nccc(Nc3cc4c(C(C)C)ccc(N5C[C@H](C[S@@](C)=O)[C@H]5C)c4cn3)n2)C[C@@]1(C)F. The van der Waals surface area contributed by atoms with Crippen molar-refractivity contribution >= 4 is 44.8 Å². The predicted molar refractivity (Wildman–Crippen MR) is 158 cm³/mol. The summed E-state index contributed by atoms with van der Waals surface area (Å²) < 4.78 is 32.2. The molecule has 10 heteroatoms. The van der Waals surface area contributed by atoms with E-state index in [0.717, 1.165) is 28.8 Å². The number of rotatable bonds is 8. The van der Waals surface area contributed by atoms with Crippen LogP contribution in [0.3, 0.4) is 0 Å². The number of nitrogens with zero attached hydrogens (tertiary/aromatic N) is 5. The summed E-state index contributed by atoms with van der Waals surface area (Å²) in [5.41, 5.74) is 0.939. The first-order chi connectivity index (χ1) is 18.6. The summed E-state index contributed by atoms with van der Waals surface area (Å²) in [5, 5.41) is 5.61. The maximum absolute atomic E-state index is 15.1. The van der Waals surface area contributed by atoms with Crippen LogP contribution in [0.15, 0.2) is 36.7 Å². The monoisotopic (exact) mass is 554 g/mol. The topological polar surface area (TPSA) is 83.5 Å². The van der Waals surface area contributed by atoms with Crippen LogP contribution in [0.5, 0.6) is 0 Å². The van der Waals surface area contributed by atoms with Crippen LogP contribution in [-0.2, 0) is 15.5 Å². The maximum Gasteiger partial charge on any atom is 0.227 e. The van der Waals surface area contributed by atoms with Crippen molar-refractivity contribution in [2.24, 2.45) is 5.92 Å². The average molecular weight is 555 g/mol. The molecule has 0 spiro atoms. The third-order valence-corrected chi connectivity index (χ3v) is 9.09. The third-order valence-electron chi connectivity index (χ3n) is 8.20. The number of ether oxygens (including phenoxy) is 1. The third kappa shape index (κ3) is 5.59. The lowest BCUT2D eigenvalue weighted by atomic mass is 9.88. The van der Waals surface area contributed by atoms with Crippen LogP contribution in [0.25, 0.3) is 10.8 Å². The van der Waals surface area contributed by atoms with Crippen LogP contribution in [0.4, 0.5) is 27.7 Å². The van der Waals surface area contributed by atoms with Crippen molar-refractivity contribution < 1.29 is 13.3 Å². The first-order valence-electron chi connectivity index (χ1n) is 13.6. The van der Waals surface area contributed by atoms with Gasteiger partial charge in [0.05, 0.1) is 12.6 Å². The lowest BCUT2D eigenvalue weighted by Crippen LogP contribution is -2.56. The second-order valence-corrected chi connectivity index (χ2v) is 12.9. The van der Waals surface area contributed by atoms with Gasteiger partial charge in [0, 0.05) is 78.4 Å². The van der Waals surface area contributed by atoms with E-state index in [2.05, 4.69) is 59.2 Å². The lowest BCUT2D eigenvalue weighted by molar-refractivity contribution is -0.0381. The Morgan fingerprint density at radius 3 is 2.69 bits per heavy atom. The van der Waals surface area contributed by atoms with Gasteiger partial charge in [-0.05, 0) is 55.3 Å². The van der Waals surface area contributed by atoms with Gasteiger partial charge >= 0.3 is 0 Å². The molecule has 1 aromatic carbocycles. The van der Waals surface area contributed by atoms with Crippen LogP contribution >= 0.6 is 0 Å². The molecule has 2 saturated heterocycles. The Balaban J connectivity index is 1.40. The van der Waals surface area contributed by atoms with E-state index < -0.39 is 22.6 Å². The van der Waals surface area contributed by atoms with Gasteiger partial charge in [-0.2, -0.15) is 4.98 Å². The fraction of sp³-hybridized carbons (Fsp3) is 0.552. The molecule has 39 heavy (non-hydrogen) atoms.